The van der Waals surface area contributed by atoms with Gasteiger partial charge in [0.15, 0.2) is 0 Å². The highest BCUT2D eigenvalue weighted by Crippen LogP contribution is 2.38. The average molecular weight is 374 g/mol. The van der Waals surface area contributed by atoms with Crippen molar-refractivity contribution in [1.82, 2.24) is 4.98 Å². The van der Waals surface area contributed by atoms with Gasteiger partial charge in [-0.25, -0.2) is 0 Å². The number of para-hydroxylation sites is 1. The number of aromatic nitrogens is 1. The lowest BCUT2D eigenvalue weighted by Crippen LogP contribution is -1.94. The van der Waals surface area contributed by atoms with E-state index in [4.69, 9.17) is 4.74 Å². The Bertz CT molecular complexity index is 605. The van der Waals surface area contributed by atoms with Gasteiger partial charge in [-0.05, 0) is 44.0 Å². The Morgan fingerprint density at radius 3 is 2.72 bits per heavy atom. The van der Waals surface area contributed by atoms with Crippen molar-refractivity contribution in [2.24, 2.45) is 0 Å². The minimum absolute atomic E-state index is 0.107. The molecule has 18 heavy (non-hydrogen) atoms. The van der Waals surface area contributed by atoms with Gasteiger partial charge in [-0.1, -0.05) is 6.07 Å². The van der Waals surface area contributed by atoms with Gasteiger partial charge in [0.25, 0.3) is 0 Å². The molecule has 0 aliphatic carbocycles. The highest BCUT2D eigenvalue weighted by atomic mass is 79.9. The van der Waals surface area contributed by atoms with Crippen molar-refractivity contribution in [1.29, 1.82) is 0 Å². The van der Waals surface area contributed by atoms with Crippen molar-refractivity contribution < 1.29 is 9.66 Å². The monoisotopic (exact) mass is 372 g/mol. The Balaban J connectivity index is 2.42. The summed E-state index contributed by atoms with van der Waals surface area (Å²) in [6, 6.07) is 6.31. The molecule has 0 N–H and O–H groups in total. The molecule has 92 valence electrons. The largest absolute Gasteiger partial charge is 0.447 e. The molecule has 0 atom stereocenters. The van der Waals surface area contributed by atoms with Crippen LogP contribution in [0.1, 0.15) is 0 Å². The van der Waals surface area contributed by atoms with Gasteiger partial charge in [-0.2, -0.15) is 0 Å². The maximum Gasteiger partial charge on any atom is 0.312 e. The smallest absolute Gasteiger partial charge is 0.312 e. The third kappa shape index (κ3) is 2.85. The molecule has 0 saturated carbocycles. The number of nitrogens with zero attached hydrogens (tertiary/aromatic N) is 2. The molecular weight excluding hydrogens is 368 g/mol. The Kier molecular flexibility index (Phi) is 3.93. The van der Waals surface area contributed by atoms with Crippen LogP contribution in [-0.2, 0) is 0 Å². The van der Waals surface area contributed by atoms with E-state index in [2.05, 4.69) is 36.8 Å². The van der Waals surface area contributed by atoms with E-state index in [0.717, 1.165) is 4.47 Å². The Morgan fingerprint density at radius 1 is 1.28 bits per heavy atom. The molecule has 1 heterocycles. The van der Waals surface area contributed by atoms with Crippen LogP contribution >= 0.6 is 31.9 Å². The SMILES string of the molecule is O=[N+]([O-])c1cccc(Br)c1Oc1cncc(Br)c1. The number of hydrogen-bond acceptors (Lipinski definition) is 4. The van der Waals surface area contributed by atoms with E-state index in [1.807, 2.05) is 0 Å². The van der Waals surface area contributed by atoms with Gasteiger partial charge in [0.05, 0.1) is 15.6 Å². The zero-order chi connectivity index (χ0) is 13.1. The molecule has 0 aliphatic rings. The third-order valence-corrected chi connectivity index (χ3v) is 3.10. The number of pyridine rings is 1. The van der Waals surface area contributed by atoms with Crippen LogP contribution in [0.25, 0.3) is 0 Å². The molecule has 0 saturated heterocycles. The normalized spacial score (nSPS) is 10.1. The second-order valence-electron chi connectivity index (χ2n) is 3.29. The fraction of sp³-hybridized carbons (Fsp3) is 0. The van der Waals surface area contributed by atoms with Crippen LogP contribution in [0.4, 0.5) is 5.69 Å². The van der Waals surface area contributed by atoms with E-state index in [9.17, 15) is 10.1 Å². The van der Waals surface area contributed by atoms with Gasteiger partial charge in [0.2, 0.25) is 5.75 Å². The highest BCUT2D eigenvalue weighted by Gasteiger charge is 2.18. The first kappa shape index (κ1) is 13.0. The van der Waals surface area contributed by atoms with Crippen LogP contribution in [-0.4, -0.2) is 9.91 Å². The first-order chi connectivity index (χ1) is 8.58. The van der Waals surface area contributed by atoms with Crippen molar-refractivity contribution in [3.8, 4) is 11.5 Å². The van der Waals surface area contributed by atoms with E-state index in [-0.39, 0.29) is 11.4 Å². The molecule has 1 aromatic carbocycles. The van der Waals surface area contributed by atoms with Crippen LogP contribution in [0.2, 0.25) is 0 Å². The number of nitro groups is 1. The molecule has 1 aromatic heterocycles. The zero-order valence-corrected chi connectivity index (χ0v) is 12.0. The van der Waals surface area contributed by atoms with Crippen LogP contribution in [0.5, 0.6) is 11.5 Å². The summed E-state index contributed by atoms with van der Waals surface area (Å²) in [7, 11) is 0. The quantitative estimate of drug-likeness (QED) is 0.594. The predicted octanol–water partition coefficient (Wildman–Crippen LogP) is 4.31. The van der Waals surface area contributed by atoms with Crippen molar-refractivity contribution >= 4 is 37.5 Å². The standard InChI is InChI=1S/C11H6Br2N2O3/c12-7-4-8(6-14-5-7)18-11-9(13)2-1-3-10(11)15(16)17/h1-6H. The minimum atomic E-state index is -0.495. The molecular formula is C11H6Br2N2O3. The van der Waals surface area contributed by atoms with Crippen molar-refractivity contribution in [3.63, 3.8) is 0 Å². The van der Waals surface area contributed by atoms with E-state index >= 15 is 0 Å². The van der Waals surface area contributed by atoms with Crippen molar-refractivity contribution in [2.75, 3.05) is 0 Å². The van der Waals surface area contributed by atoms with Crippen LogP contribution in [0, 0.1) is 10.1 Å². The molecule has 2 rings (SSSR count). The Hall–Kier alpha value is -1.47. The highest BCUT2D eigenvalue weighted by molar-refractivity contribution is 9.10. The summed E-state index contributed by atoms with van der Waals surface area (Å²) in [6.45, 7) is 0. The molecule has 0 fully saturated rings. The van der Waals surface area contributed by atoms with Crippen LogP contribution in [0.3, 0.4) is 0 Å². The number of hydrogen-bond donors (Lipinski definition) is 0. The lowest BCUT2D eigenvalue weighted by atomic mass is 10.3. The fourth-order valence-electron chi connectivity index (χ4n) is 1.31. The summed E-state index contributed by atoms with van der Waals surface area (Å²) in [4.78, 5) is 14.3. The summed E-state index contributed by atoms with van der Waals surface area (Å²) in [5, 5.41) is 10.9. The van der Waals surface area contributed by atoms with Crippen LogP contribution in [0.15, 0.2) is 45.6 Å². The van der Waals surface area contributed by atoms with Gasteiger partial charge < -0.3 is 4.74 Å². The predicted molar refractivity (Wildman–Crippen MR) is 72.8 cm³/mol. The Morgan fingerprint density at radius 2 is 2.06 bits per heavy atom. The molecule has 0 aliphatic heterocycles. The second-order valence-corrected chi connectivity index (χ2v) is 5.06. The number of ether oxygens (including phenoxy) is 1. The number of nitro benzene ring substituents is 1. The Labute approximate surface area is 119 Å². The van der Waals surface area contributed by atoms with Crippen molar-refractivity contribution in [3.05, 3.63) is 55.7 Å². The summed E-state index contributed by atoms with van der Waals surface area (Å²) >= 11 is 6.48. The first-order valence-electron chi connectivity index (χ1n) is 4.79. The number of rotatable bonds is 3. The molecule has 0 amide bonds. The topological polar surface area (TPSA) is 65.3 Å². The third-order valence-electron chi connectivity index (χ3n) is 2.04. The van der Waals surface area contributed by atoms with E-state index in [0.29, 0.717) is 10.2 Å². The maximum absolute atomic E-state index is 10.9. The first-order valence-corrected chi connectivity index (χ1v) is 6.38. The molecule has 2 aromatic rings. The second kappa shape index (κ2) is 5.45. The molecule has 0 radical (unpaired) electrons. The molecule has 0 bridgehead atoms. The number of benzene rings is 1. The summed E-state index contributed by atoms with van der Waals surface area (Å²) in [5.41, 5.74) is -0.107. The van der Waals surface area contributed by atoms with E-state index < -0.39 is 4.92 Å². The molecule has 5 nitrogen and oxygen atoms in total. The van der Waals surface area contributed by atoms with Gasteiger partial charge in [0.1, 0.15) is 5.75 Å². The summed E-state index contributed by atoms with van der Waals surface area (Å²) < 4.78 is 6.74. The fourth-order valence-corrected chi connectivity index (χ4v) is 2.09. The average Bonchev–Trinajstić information content (AvgIpc) is 2.31. The van der Waals surface area contributed by atoms with E-state index in [1.165, 1.54) is 12.3 Å². The number of halogens is 2. The lowest BCUT2D eigenvalue weighted by molar-refractivity contribution is -0.385. The summed E-state index contributed by atoms with van der Waals surface area (Å²) in [6.07, 6.45) is 3.08. The summed E-state index contributed by atoms with van der Waals surface area (Å²) in [5.74, 6) is 0.571. The van der Waals surface area contributed by atoms with Crippen LogP contribution < -0.4 is 4.74 Å². The van der Waals surface area contributed by atoms with Gasteiger partial charge in [0, 0.05) is 16.7 Å². The van der Waals surface area contributed by atoms with Gasteiger partial charge >= 0.3 is 5.69 Å². The molecule has 0 unspecified atom stereocenters. The van der Waals surface area contributed by atoms with Gasteiger partial charge in [-0.3, -0.25) is 15.1 Å². The van der Waals surface area contributed by atoms with E-state index in [1.54, 1.807) is 24.4 Å². The zero-order valence-electron chi connectivity index (χ0n) is 8.84. The maximum atomic E-state index is 10.9. The minimum Gasteiger partial charge on any atom is -0.447 e. The molecule has 7 heteroatoms. The van der Waals surface area contributed by atoms with Crippen molar-refractivity contribution in [2.45, 2.75) is 0 Å². The van der Waals surface area contributed by atoms with Gasteiger partial charge in [-0.15, -0.1) is 0 Å². The lowest BCUT2D eigenvalue weighted by Gasteiger charge is -2.07. The molecule has 0 spiro atoms.